The number of hydrogen-bond acceptors (Lipinski definition) is 2. The third-order valence-corrected chi connectivity index (χ3v) is 4.11. The van der Waals surface area contributed by atoms with Gasteiger partial charge in [-0.3, -0.25) is 20.4 Å². The minimum Gasteiger partial charge on any atom is -0.273 e. The Hall–Kier alpha value is -0.480. The highest BCUT2D eigenvalue weighted by Gasteiger charge is 2.68. The van der Waals surface area contributed by atoms with Crippen LogP contribution in [0.1, 0.15) is 26.2 Å². The van der Waals surface area contributed by atoms with Crippen molar-refractivity contribution >= 4 is 35.0 Å². The van der Waals surface area contributed by atoms with Crippen molar-refractivity contribution in [3.63, 3.8) is 0 Å². The molecule has 15 heavy (non-hydrogen) atoms. The van der Waals surface area contributed by atoms with E-state index in [1.165, 1.54) is 0 Å². The summed E-state index contributed by atoms with van der Waals surface area (Å²) in [6, 6.07) is 0. The zero-order valence-electron chi connectivity index (χ0n) is 8.27. The molecule has 84 valence electrons. The molecule has 0 saturated heterocycles. The van der Waals surface area contributed by atoms with Gasteiger partial charge < -0.3 is 0 Å². The van der Waals surface area contributed by atoms with E-state index in [9.17, 15) is 9.59 Å². The van der Waals surface area contributed by atoms with Gasteiger partial charge in [0.15, 0.2) is 0 Å². The lowest BCUT2D eigenvalue weighted by atomic mass is 10.1. The number of halogens is 2. The molecular formula is C9H12Cl2N2O2. The molecule has 0 bridgehead atoms. The Bertz CT molecular complexity index is 328. The second-order valence-corrected chi connectivity index (χ2v) is 5.91. The third kappa shape index (κ3) is 1.93. The van der Waals surface area contributed by atoms with Gasteiger partial charge in [0.05, 0.1) is 5.41 Å². The van der Waals surface area contributed by atoms with Crippen molar-refractivity contribution in [2.45, 2.75) is 30.5 Å². The number of hydrazine groups is 1. The van der Waals surface area contributed by atoms with Crippen LogP contribution in [0.15, 0.2) is 0 Å². The Kier molecular flexibility index (Phi) is 2.39. The number of alkyl halides is 2. The smallest absolute Gasteiger partial charge is 0.247 e. The van der Waals surface area contributed by atoms with Crippen molar-refractivity contribution in [3.8, 4) is 0 Å². The summed E-state index contributed by atoms with van der Waals surface area (Å²) in [4.78, 5) is 22.8. The van der Waals surface area contributed by atoms with Crippen molar-refractivity contribution in [2.24, 2.45) is 11.3 Å². The first-order valence-corrected chi connectivity index (χ1v) is 5.60. The van der Waals surface area contributed by atoms with Gasteiger partial charge in [0.1, 0.15) is 4.33 Å². The molecule has 2 rings (SSSR count). The van der Waals surface area contributed by atoms with E-state index in [2.05, 4.69) is 10.9 Å². The van der Waals surface area contributed by atoms with Crippen molar-refractivity contribution in [2.75, 3.05) is 0 Å². The molecule has 2 saturated carbocycles. The molecule has 1 atom stereocenters. The van der Waals surface area contributed by atoms with E-state index in [4.69, 9.17) is 23.2 Å². The zero-order chi connectivity index (χ0) is 11.3. The number of nitrogens with one attached hydrogen (secondary N) is 2. The first-order valence-electron chi connectivity index (χ1n) is 4.85. The van der Waals surface area contributed by atoms with Crippen LogP contribution >= 0.6 is 23.2 Å². The Labute approximate surface area is 97.6 Å². The highest BCUT2D eigenvalue weighted by Crippen LogP contribution is 2.63. The average Bonchev–Trinajstić information content (AvgIpc) is 3.00. The van der Waals surface area contributed by atoms with Gasteiger partial charge in [0.25, 0.3) is 0 Å². The summed E-state index contributed by atoms with van der Waals surface area (Å²) in [5.41, 5.74) is 3.94. The minimum absolute atomic E-state index is 0.0640. The number of carbonyl (C=O) groups excluding carboxylic acids is 2. The molecule has 0 radical (unpaired) electrons. The van der Waals surface area contributed by atoms with Gasteiger partial charge in [-0.25, -0.2) is 0 Å². The predicted molar refractivity (Wildman–Crippen MR) is 56.2 cm³/mol. The number of carbonyl (C=O) groups is 2. The van der Waals surface area contributed by atoms with E-state index >= 15 is 0 Å². The van der Waals surface area contributed by atoms with Gasteiger partial charge in [-0.2, -0.15) is 0 Å². The van der Waals surface area contributed by atoms with Crippen LogP contribution in [0.5, 0.6) is 0 Å². The van der Waals surface area contributed by atoms with E-state index in [1.807, 2.05) is 0 Å². The summed E-state index contributed by atoms with van der Waals surface area (Å²) in [5.74, 6) is -0.405. The molecule has 2 aliphatic carbocycles. The molecule has 0 aromatic rings. The van der Waals surface area contributed by atoms with Crippen molar-refractivity contribution in [1.29, 1.82) is 0 Å². The fourth-order valence-electron chi connectivity index (χ4n) is 1.35. The van der Waals surface area contributed by atoms with Crippen molar-refractivity contribution in [3.05, 3.63) is 0 Å². The summed E-state index contributed by atoms with van der Waals surface area (Å²) in [6.45, 7) is 1.67. The lowest BCUT2D eigenvalue weighted by molar-refractivity contribution is -0.132. The van der Waals surface area contributed by atoms with Crippen LogP contribution in [0.4, 0.5) is 0 Å². The Morgan fingerprint density at radius 2 is 1.80 bits per heavy atom. The standard InChI is InChI=1S/C9H12Cl2N2O2/c1-8(4-9(8,10)11)7(15)13-12-6(14)5-2-3-5/h5H,2-4H2,1H3,(H,12,14)(H,13,15)/t8-/m0/s1. The lowest BCUT2D eigenvalue weighted by Crippen LogP contribution is -2.46. The second kappa shape index (κ2) is 3.25. The molecule has 2 amide bonds. The van der Waals surface area contributed by atoms with E-state index in [0.29, 0.717) is 6.42 Å². The zero-order valence-corrected chi connectivity index (χ0v) is 9.78. The molecule has 0 unspecified atom stereocenters. The van der Waals surface area contributed by atoms with Gasteiger partial charge in [0, 0.05) is 5.92 Å². The van der Waals surface area contributed by atoms with Gasteiger partial charge in [-0.1, -0.05) is 0 Å². The van der Waals surface area contributed by atoms with Crippen LogP contribution in [-0.2, 0) is 9.59 Å². The minimum atomic E-state index is -0.999. The number of amides is 2. The van der Waals surface area contributed by atoms with E-state index in [0.717, 1.165) is 12.8 Å². The van der Waals surface area contributed by atoms with Crippen LogP contribution in [0.3, 0.4) is 0 Å². The number of rotatable bonds is 2. The molecule has 4 nitrogen and oxygen atoms in total. The summed E-state index contributed by atoms with van der Waals surface area (Å²) in [6.07, 6.45) is 2.20. The van der Waals surface area contributed by atoms with Gasteiger partial charge >= 0.3 is 0 Å². The van der Waals surface area contributed by atoms with Gasteiger partial charge in [-0.15, -0.1) is 23.2 Å². The summed E-state index contributed by atoms with van der Waals surface area (Å²) >= 11 is 11.7. The Morgan fingerprint density at radius 3 is 2.20 bits per heavy atom. The van der Waals surface area contributed by atoms with Gasteiger partial charge in [-0.05, 0) is 26.2 Å². The highest BCUT2D eigenvalue weighted by atomic mass is 35.5. The molecular weight excluding hydrogens is 239 g/mol. The number of hydrogen-bond donors (Lipinski definition) is 2. The summed E-state index contributed by atoms with van der Waals surface area (Å²) < 4.78 is -0.999. The summed E-state index contributed by atoms with van der Waals surface area (Å²) in [5, 5.41) is 0. The third-order valence-electron chi connectivity index (χ3n) is 3.01. The largest absolute Gasteiger partial charge is 0.273 e. The van der Waals surface area contributed by atoms with Crippen LogP contribution in [0, 0.1) is 11.3 Å². The maximum atomic E-state index is 11.6. The normalized spacial score (nSPS) is 31.9. The van der Waals surface area contributed by atoms with Crippen molar-refractivity contribution in [1.82, 2.24) is 10.9 Å². The monoisotopic (exact) mass is 250 g/mol. The molecule has 2 aliphatic rings. The fourth-order valence-corrected chi connectivity index (χ4v) is 2.06. The predicted octanol–water partition coefficient (Wildman–Crippen LogP) is 1.13. The average molecular weight is 251 g/mol. The Morgan fingerprint density at radius 1 is 1.27 bits per heavy atom. The lowest BCUT2D eigenvalue weighted by Gasteiger charge is -2.12. The first kappa shape index (κ1) is 11.0. The fraction of sp³-hybridized carbons (Fsp3) is 0.778. The molecule has 0 aromatic heterocycles. The highest BCUT2D eigenvalue weighted by molar-refractivity contribution is 6.53. The van der Waals surface area contributed by atoms with Crippen molar-refractivity contribution < 1.29 is 9.59 Å². The molecule has 0 heterocycles. The molecule has 2 N–H and O–H groups in total. The molecule has 0 aromatic carbocycles. The van der Waals surface area contributed by atoms with Crippen LogP contribution in [0.2, 0.25) is 0 Å². The van der Waals surface area contributed by atoms with Crippen LogP contribution < -0.4 is 10.9 Å². The quantitative estimate of drug-likeness (QED) is 0.571. The second-order valence-electron chi connectivity index (χ2n) is 4.43. The molecule has 6 heteroatoms. The SMILES string of the molecule is C[C@@]1(C(=O)NNC(=O)C2CC2)CC1(Cl)Cl. The molecule has 0 spiro atoms. The maximum Gasteiger partial charge on any atom is 0.247 e. The topological polar surface area (TPSA) is 58.2 Å². The van der Waals surface area contributed by atoms with Crippen LogP contribution in [0.25, 0.3) is 0 Å². The van der Waals surface area contributed by atoms with E-state index < -0.39 is 9.75 Å². The van der Waals surface area contributed by atoms with Crippen LogP contribution in [-0.4, -0.2) is 16.1 Å². The maximum absolute atomic E-state index is 11.6. The summed E-state index contributed by atoms with van der Waals surface area (Å²) in [7, 11) is 0. The molecule has 2 fully saturated rings. The first-order chi connectivity index (χ1) is 6.87. The van der Waals surface area contributed by atoms with E-state index in [-0.39, 0.29) is 17.7 Å². The Balaban J connectivity index is 1.80. The van der Waals surface area contributed by atoms with Gasteiger partial charge in [0.2, 0.25) is 11.8 Å². The van der Waals surface area contributed by atoms with E-state index in [1.54, 1.807) is 6.92 Å². The molecule has 0 aliphatic heterocycles.